The Morgan fingerprint density at radius 1 is 1.57 bits per heavy atom. The van der Waals surface area contributed by atoms with Crippen LogP contribution in [0.25, 0.3) is 0 Å². The van der Waals surface area contributed by atoms with Gasteiger partial charge in [-0.3, -0.25) is 0 Å². The average Bonchev–Trinajstić information content (AvgIpc) is 2.46. The second kappa shape index (κ2) is 2.88. The minimum atomic E-state index is -1.11. The average molecular weight is 195 g/mol. The second-order valence-corrected chi connectivity index (χ2v) is 3.13. The van der Waals surface area contributed by atoms with Gasteiger partial charge in [0.25, 0.3) is 0 Å². The number of benzene rings is 1. The predicted molar refractivity (Wildman–Crippen MR) is 47.5 cm³/mol. The molecule has 1 aliphatic rings. The van der Waals surface area contributed by atoms with Crippen LogP contribution in [0.4, 0.5) is 0 Å². The Morgan fingerprint density at radius 3 is 2.93 bits per heavy atom. The Labute approximate surface area is 79.7 Å². The summed E-state index contributed by atoms with van der Waals surface area (Å²) >= 11 is 0. The Hall–Kier alpha value is -1.75. The summed E-state index contributed by atoms with van der Waals surface area (Å²) in [7, 11) is 0. The highest BCUT2D eigenvalue weighted by Gasteiger charge is 2.27. The number of nitrogens with two attached hydrogens (primary N) is 1. The number of aromatic hydroxyl groups is 1. The maximum absolute atomic E-state index is 10.8. The molecule has 0 saturated heterocycles. The quantitative estimate of drug-likeness (QED) is 0.606. The fourth-order valence-corrected chi connectivity index (χ4v) is 1.55. The first-order chi connectivity index (χ1) is 6.59. The zero-order valence-electron chi connectivity index (χ0n) is 7.23. The van der Waals surface area contributed by atoms with Crippen LogP contribution in [0.5, 0.6) is 11.5 Å². The van der Waals surface area contributed by atoms with Crippen LogP contribution in [-0.4, -0.2) is 22.8 Å². The molecule has 0 radical (unpaired) electrons. The molecule has 0 aliphatic carbocycles. The first-order valence-electron chi connectivity index (χ1n) is 4.08. The van der Waals surface area contributed by atoms with Crippen molar-refractivity contribution in [2.24, 2.45) is 5.73 Å². The van der Waals surface area contributed by atoms with Gasteiger partial charge < -0.3 is 20.7 Å². The summed E-state index contributed by atoms with van der Waals surface area (Å²) in [6.45, 7) is 0.249. The van der Waals surface area contributed by atoms with Crippen LogP contribution in [-0.2, 0) is 0 Å². The van der Waals surface area contributed by atoms with Crippen LogP contribution in [0, 0.1) is 0 Å². The van der Waals surface area contributed by atoms with Crippen LogP contribution >= 0.6 is 0 Å². The monoisotopic (exact) mass is 195 g/mol. The Balaban J connectivity index is 2.65. The van der Waals surface area contributed by atoms with Crippen molar-refractivity contribution in [3.05, 3.63) is 23.3 Å². The number of phenols is 1. The number of rotatable bonds is 1. The molecule has 1 heterocycles. The molecule has 1 atom stereocenters. The van der Waals surface area contributed by atoms with Crippen molar-refractivity contribution >= 4 is 5.97 Å². The molecule has 5 heteroatoms. The van der Waals surface area contributed by atoms with Gasteiger partial charge in [0.05, 0.1) is 11.6 Å². The Morgan fingerprint density at radius 2 is 2.29 bits per heavy atom. The maximum atomic E-state index is 10.8. The summed E-state index contributed by atoms with van der Waals surface area (Å²) in [5.74, 6) is -0.886. The van der Waals surface area contributed by atoms with Crippen LogP contribution in [0.15, 0.2) is 12.1 Å². The first kappa shape index (κ1) is 8.83. The molecule has 5 nitrogen and oxygen atoms in total. The van der Waals surface area contributed by atoms with Gasteiger partial charge in [-0.2, -0.15) is 0 Å². The van der Waals surface area contributed by atoms with Gasteiger partial charge in [-0.05, 0) is 6.07 Å². The number of hydrogen-bond donors (Lipinski definition) is 3. The van der Waals surface area contributed by atoms with E-state index in [1.165, 1.54) is 12.1 Å². The molecule has 2 rings (SSSR count). The van der Waals surface area contributed by atoms with Crippen molar-refractivity contribution in [3.63, 3.8) is 0 Å². The molecule has 1 aliphatic heterocycles. The third-order valence-corrected chi connectivity index (χ3v) is 2.15. The van der Waals surface area contributed by atoms with Gasteiger partial charge in [-0.25, -0.2) is 4.79 Å². The highest BCUT2D eigenvalue weighted by molar-refractivity contribution is 5.91. The summed E-state index contributed by atoms with van der Waals surface area (Å²) in [6.07, 6.45) is 0. The van der Waals surface area contributed by atoms with Crippen molar-refractivity contribution in [2.45, 2.75) is 6.04 Å². The van der Waals surface area contributed by atoms with E-state index in [-0.39, 0.29) is 17.9 Å². The number of carboxylic acid groups (broad SMARTS) is 1. The van der Waals surface area contributed by atoms with E-state index >= 15 is 0 Å². The molecule has 0 fully saturated rings. The summed E-state index contributed by atoms with van der Waals surface area (Å²) in [6, 6.07) is 2.11. The van der Waals surface area contributed by atoms with Crippen molar-refractivity contribution in [3.8, 4) is 11.5 Å². The van der Waals surface area contributed by atoms with Crippen LogP contribution in [0.1, 0.15) is 22.0 Å². The lowest BCUT2D eigenvalue weighted by molar-refractivity contribution is 0.0695. The molecule has 0 bridgehead atoms. The van der Waals surface area contributed by atoms with Gasteiger partial charge in [-0.15, -0.1) is 0 Å². The number of carbonyl (C=O) groups is 1. The standard InChI is InChI=1S/C9H9NO4/c10-6-3-14-7-2-4(11)1-5(8(6)7)9(12)13/h1-2,6,11H,3,10H2,(H,12,13)/t6-/m0/s1. The smallest absolute Gasteiger partial charge is 0.336 e. The molecular formula is C9H9NO4. The first-order valence-corrected chi connectivity index (χ1v) is 4.08. The molecule has 0 aromatic heterocycles. The van der Waals surface area contributed by atoms with E-state index in [9.17, 15) is 9.90 Å². The third-order valence-electron chi connectivity index (χ3n) is 2.15. The Bertz CT molecular complexity index is 402. The van der Waals surface area contributed by atoms with E-state index < -0.39 is 12.0 Å². The van der Waals surface area contributed by atoms with E-state index in [2.05, 4.69) is 0 Å². The normalized spacial score (nSPS) is 18.8. The van der Waals surface area contributed by atoms with Crippen molar-refractivity contribution in [1.82, 2.24) is 0 Å². The molecule has 74 valence electrons. The topological polar surface area (TPSA) is 92.8 Å². The molecule has 0 saturated carbocycles. The van der Waals surface area contributed by atoms with Gasteiger partial charge >= 0.3 is 5.97 Å². The molecule has 0 amide bonds. The fraction of sp³-hybridized carbons (Fsp3) is 0.222. The minimum Gasteiger partial charge on any atom is -0.508 e. The molecule has 0 unspecified atom stereocenters. The molecule has 1 aromatic rings. The summed E-state index contributed by atoms with van der Waals surface area (Å²) < 4.78 is 5.13. The van der Waals surface area contributed by atoms with Crippen molar-refractivity contribution in [2.75, 3.05) is 6.61 Å². The largest absolute Gasteiger partial charge is 0.508 e. The highest BCUT2D eigenvalue weighted by atomic mass is 16.5. The number of hydrogen-bond acceptors (Lipinski definition) is 4. The zero-order valence-corrected chi connectivity index (χ0v) is 7.23. The van der Waals surface area contributed by atoms with Crippen molar-refractivity contribution < 1.29 is 19.7 Å². The van der Waals surface area contributed by atoms with E-state index in [4.69, 9.17) is 15.6 Å². The highest BCUT2D eigenvalue weighted by Crippen LogP contribution is 2.36. The minimum absolute atomic E-state index is 0.00463. The second-order valence-electron chi connectivity index (χ2n) is 3.13. The van der Waals surface area contributed by atoms with E-state index in [1.54, 1.807) is 0 Å². The van der Waals surface area contributed by atoms with Gasteiger partial charge in [0.1, 0.15) is 18.1 Å². The molecule has 0 spiro atoms. The molecule has 1 aromatic carbocycles. The van der Waals surface area contributed by atoms with Crippen molar-refractivity contribution in [1.29, 1.82) is 0 Å². The molecule has 4 N–H and O–H groups in total. The van der Waals surface area contributed by atoms with Crippen LogP contribution in [0.2, 0.25) is 0 Å². The maximum Gasteiger partial charge on any atom is 0.336 e. The Kier molecular flexibility index (Phi) is 1.82. The van der Waals surface area contributed by atoms with Gasteiger partial charge in [0.2, 0.25) is 0 Å². The van der Waals surface area contributed by atoms with Gasteiger partial charge in [0, 0.05) is 11.6 Å². The van der Waals surface area contributed by atoms with Gasteiger partial charge in [0.15, 0.2) is 0 Å². The SMILES string of the molecule is N[C@H]1COc2cc(O)cc(C(=O)O)c21. The van der Waals surface area contributed by atoms with E-state index in [0.717, 1.165) is 0 Å². The lowest BCUT2D eigenvalue weighted by Crippen LogP contribution is -2.14. The number of phenolic OH excluding ortho intramolecular Hbond substituents is 1. The number of aromatic carboxylic acids is 1. The number of ether oxygens (including phenoxy) is 1. The number of carboxylic acids is 1. The van der Waals surface area contributed by atoms with E-state index in [0.29, 0.717) is 11.3 Å². The predicted octanol–water partition coefficient (Wildman–Crippen LogP) is 0.483. The lowest BCUT2D eigenvalue weighted by Gasteiger charge is -2.06. The summed E-state index contributed by atoms with van der Waals surface area (Å²) in [5, 5.41) is 18.1. The van der Waals surface area contributed by atoms with Crippen LogP contribution in [0.3, 0.4) is 0 Å². The zero-order chi connectivity index (χ0) is 10.3. The van der Waals surface area contributed by atoms with E-state index in [1.807, 2.05) is 0 Å². The van der Waals surface area contributed by atoms with Crippen LogP contribution < -0.4 is 10.5 Å². The summed E-state index contributed by atoms with van der Waals surface area (Å²) in [5.41, 5.74) is 6.12. The lowest BCUT2D eigenvalue weighted by atomic mass is 10.0. The molecule has 14 heavy (non-hydrogen) atoms. The molecular weight excluding hydrogens is 186 g/mol. The fourth-order valence-electron chi connectivity index (χ4n) is 1.55. The third kappa shape index (κ3) is 1.18. The summed E-state index contributed by atoms with van der Waals surface area (Å²) in [4.78, 5) is 10.8. The van der Waals surface area contributed by atoms with Gasteiger partial charge in [-0.1, -0.05) is 0 Å². The number of fused-ring (bicyclic) bond motifs is 1.